The van der Waals surface area contributed by atoms with Crippen LogP contribution >= 0.6 is 23.2 Å². The summed E-state index contributed by atoms with van der Waals surface area (Å²) in [6, 6.07) is 12.0. The van der Waals surface area contributed by atoms with Crippen LogP contribution in [-0.2, 0) is 4.79 Å². The average molecular weight is 350 g/mol. The van der Waals surface area contributed by atoms with Gasteiger partial charge in [-0.05, 0) is 30.7 Å². The quantitative estimate of drug-likeness (QED) is 0.605. The topological polar surface area (TPSA) is 46.6 Å². The fourth-order valence-corrected chi connectivity index (χ4v) is 2.80. The number of halogens is 2. The molecule has 0 N–H and O–H groups in total. The lowest BCUT2D eigenvalue weighted by molar-refractivity contribution is -0.114. The molecule has 2 aromatic carbocycles. The first kappa shape index (κ1) is 15.8. The van der Waals surface area contributed by atoms with E-state index in [9.17, 15) is 9.59 Å². The van der Waals surface area contributed by atoms with Crippen molar-refractivity contribution in [2.24, 2.45) is 0 Å². The van der Waals surface area contributed by atoms with Crippen LogP contribution in [0.5, 0.6) is 5.75 Å². The van der Waals surface area contributed by atoms with Crippen LogP contribution < -0.4 is 9.64 Å². The van der Waals surface area contributed by atoms with Crippen molar-refractivity contribution in [2.75, 3.05) is 18.1 Å². The summed E-state index contributed by atoms with van der Waals surface area (Å²) in [6.07, 6.45) is 0.566. The number of para-hydroxylation sites is 1. The van der Waals surface area contributed by atoms with Gasteiger partial charge in [0.25, 0.3) is 11.7 Å². The Kier molecular flexibility index (Phi) is 4.55. The minimum Gasteiger partial charge on any atom is -0.492 e. The molecule has 0 spiro atoms. The van der Waals surface area contributed by atoms with Crippen LogP contribution in [-0.4, -0.2) is 24.8 Å². The molecule has 2 aromatic rings. The number of hydrogen-bond acceptors (Lipinski definition) is 3. The molecule has 0 aromatic heterocycles. The number of Topliss-reactive ketones (excluding diaryl/α,β-unsaturated/α-hetero) is 1. The first-order valence-electron chi connectivity index (χ1n) is 7.11. The number of hydrogen-bond donors (Lipinski definition) is 0. The van der Waals surface area contributed by atoms with Crippen molar-refractivity contribution in [1.29, 1.82) is 0 Å². The Balaban J connectivity index is 1.60. The Bertz CT molecular complexity index is 776. The maximum Gasteiger partial charge on any atom is 0.299 e. The number of ether oxygens (including phenoxy) is 1. The third kappa shape index (κ3) is 3.19. The molecule has 4 nitrogen and oxygen atoms in total. The van der Waals surface area contributed by atoms with Crippen molar-refractivity contribution >= 4 is 40.6 Å². The molecule has 1 aliphatic heterocycles. The minimum atomic E-state index is -0.494. The smallest absolute Gasteiger partial charge is 0.299 e. The molecule has 1 amide bonds. The van der Waals surface area contributed by atoms with E-state index >= 15 is 0 Å². The van der Waals surface area contributed by atoms with Gasteiger partial charge in [0.05, 0.1) is 22.9 Å². The van der Waals surface area contributed by atoms with E-state index in [2.05, 4.69) is 0 Å². The summed E-state index contributed by atoms with van der Waals surface area (Å²) in [4.78, 5) is 25.4. The standard InChI is InChI=1S/C17H13Cl2NO3/c18-11-6-7-13(19)15(10-11)23-9-3-8-20-14-5-2-1-4-12(14)16(21)17(20)22/h1-2,4-7,10H,3,8-9H2. The van der Waals surface area contributed by atoms with Crippen molar-refractivity contribution in [3.63, 3.8) is 0 Å². The highest BCUT2D eigenvalue weighted by atomic mass is 35.5. The van der Waals surface area contributed by atoms with Gasteiger partial charge in [0.15, 0.2) is 0 Å². The van der Waals surface area contributed by atoms with Gasteiger partial charge in [-0.25, -0.2) is 0 Å². The zero-order valence-electron chi connectivity index (χ0n) is 12.1. The molecule has 0 radical (unpaired) electrons. The molecule has 0 aliphatic carbocycles. The van der Waals surface area contributed by atoms with Crippen LogP contribution in [0.4, 0.5) is 5.69 Å². The number of carbonyl (C=O) groups excluding carboxylic acids is 2. The molecule has 0 bridgehead atoms. The lowest BCUT2D eigenvalue weighted by atomic mass is 10.1. The third-order valence-electron chi connectivity index (χ3n) is 3.56. The highest BCUT2D eigenvalue weighted by molar-refractivity contribution is 6.52. The first-order chi connectivity index (χ1) is 11.1. The molecular formula is C17H13Cl2NO3. The van der Waals surface area contributed by atoms with Crippen LogP contribution in [0.2, 0.25) is 10.0 Å². The van der Waals surface area contributed by atoms with Gasteiger partial charge in [-0.1, -0.05) is 35.3 Å². The van der Waals surface area contributed by atoms with Gasteiger partial charge in [-0.3, -0.25) is 9.59 Å². The van der Waals surface area contributed by atoms with Crippen molar-refractivity contribution in [3.05, 3.63) is 58.1 Å². The van der Waals surface area contributed by atoms with E-state index in [1.165, 1.54) is 4.90 Å². The highest BCUT2D eigenvalue weighted by Crippen LogP contribution is 2.29. The summed E-state index contributed by atoms with van der Waals surface area (Å²) in [5.41, 5.74) is 1.11. The van der Waals surface area contributed by atoms with E-state index in [1.54, 1.807) is 42.5 Å². The SMILES string of the molecule is O=C1C(=O)N(CCCOc2cc(Cl)ccc2Cl)c2ccccc21. The number of rotatable bonds is 5. The van der Waals surface area contributed by atoms with Crippen LogP contribution in [0.1, 0.15) is 16.8 Å². The molecule has 0 unspecified atom stereocenters. The lowest BCUT2D eigenvalue weighted by Crippen LogP contribution is -2.31. The van der Waals surface area contributed by atoms with Crippen molar-refractivity contribution in [1.82, 2.24) is 0 Å². The number of carbonyl (C=O) groups is 2. The van der Waals surface area contributed by atoms with E-state index < -0.39 is 11.7 Å². The summed E-state index contributed by atoms with van der Waals surface area (Å²) in [7, 11) is 0. The molecule has 3 rings (SSSR count). The van der Waals surface area contributed by atoms with E-state index in [0.717, 1.165) is 0 Å². The summed E-state index contributed by atoms with van der Waals surface area (Å²) in [5, 5.41) is 1.02. The molecule has 0 saturated carbocycles. The van der Waals surface area contributed by atoms with Gasteiger partial charge in [0.1, 0.15) is 5.75 Å². The van der Waals surface area contributed by atoms with E-state index in [1.807, 2.05) is 0 Å². The van der Waals surface area contributed by atoms with Crippen molar-refractivity contribution in [3.8, 4) is 5.75 Å². The fraction of sp³-hybridized carbons (Fsp3) is 0.176. The monoisotopic (exact) mass is 349 g/mol. The fourth-order valence-electron chi connectivity index (χ4n) is 2.46. The number of ketones is 1. The van der Waals surface area contributed by atoms with Gasteiger partial charge in [-0.2, -0.15) is 0 Å². The van der Waals surface area contributed by atoms with Crippen LogP contribution in [0, 0.1) is 0 Å². The number of nitrogens with zero attached hydrogens (tertiary/aromatic N) is 1. The molecule has 6 heteroatoms. The van der Waals surface area contributed by atoms with Gasteiger partial charge in [-0.15, -0.1) is 0 Å². The van der Waals surface area contributed by atoms with Crippen molar-refractivity contribution < 1.29 is 14.3 Å². The zero-order valence-corrected chi connectivity index (χ0v) is 13.6. The molecule has 0 fully saturated rings. The zero-order chi connectivity index (χ0) is 16.4. The first-order valence-corrected chi connectivity index (χ1v) is 7.86. The molecular weight excluding hydrogens is 337 g/mol. The van der Waals surface area contributed by atoms with Gasteiger partial charge in [0.2, 0.25) is 0 Å². The van der Waals surface area contributed by atoms with E-state index in [4.69, 9.17) is 27.9 Å². The summed E-state index contributed by atoms with van der Waals surface area (Å²) < 4.78 is 5.59. The van der Waals surface area contributed by atoms with Gasteiger partial charge in [0, 0.05) is 17.6 Å². The molecule has 23 heavy (non-hydrogen) atoms. The Hall–Kier alpha value is -2.04. The predicted octanol–water partition coefficient (Wildman–Crippen LogP) is 3.99. The number of anilines is 1. The molecule has 1 heterocycles. The summed E-state index contributed by atoms with van der Waals surface area (Å²) >= 11 is 11.9. The summed E-state index contributed by atoms with van der Waals surface area (Å²) in [5.74, 6) is -0.449. The summed E-state index contributed by atoms with van der Waals surface area (Å²) in [6.45, 7) is 0.764. The Morgan fingerprint density at radius 3 is 2.65 bits per heavy atom. The van der Waals surface area contributed by atoms with Crippen molar-refractivity contribution in [2.45, 2.75) is 6.42 Å². The minimum absolute atomic E-state index is 0.361. The number of amides is 1. The second-order valence-electron chi connectivity index (χ2n) is 5.08. The van der Waals surface area contributed by atoms with Gasteiger partial charge >= 0.3 is 0 Å². The number of benzene rings is 2. The Labute approximate surface area is 143 Å². The molecule has 0 saturated heterocycles. The van der Waals surface area contributed by atoms with Gasteiger partial charge < -0.3 is 9.64 Å². The highest BCUT2D eigenvalue weighted by Gasteiger charge is 2.34. The van der Waals surface area contributed by atoms with Crippen LogP contribution in [0.3, 0.4) is 0 Å². The Morgan fingerprint density at radius 2 is 1.83 bits per heavy atom. The van der Waals surface area contributed by atoms with E-state index in [0.29, 0.717) is 46.6 Å². The average Bonchev–Trinajstić information content (AvgIpc) is 2.79. The molecule has 118 valence electrons. The Morgan fingerprint density at radius 1 is 1.04 bits per heavy atom. The van der Waals surface area contributed by atoms with E-state index in [-0.39, 0.29) is 0 Å². The molecule has 1 aliphatic rings. The molecule has 0 atom stereocenters. The van der Waals surface area contributed by atoms with Crippen LogP contribution in [0.15, 0.2) is 42.5 Å². The lowest BCUT2D eigenvalue weighted by Gasteiger charge is -2.16. The number of fused-ring (bicyclic) bond motifs is 1. The predicted molar refractivity (Wildman–Crippen MR) is 89.7 cm³/mol. The normalized spacial score (nSPS) is 13.4. The second-order valence-corrected chi connectivity index (χ2v) is 5.92. The second kappa shape index (κ2) is 6.60. The van der Waals surface area contributed by atoms with Crippen LogP contribution in [0.25, 0.3) is 0 Å². The third-order valence-corrected chi connectivity index (χ3v) is 4.10. The maximum atomic E-state index is 12.0. The maximum absolute atomic E-state index is 12.0. The largest absolute Gasteiger partial charge is 0.492 e.